The van der Waals surface area contributed by atoms with Gasteiger partial charge in [-0.25, -0.2) is 0 Å². The Labute approximate surface area is 289 Å². The smallest absolute Gasteiger partial charge is 0.155 e. The van der Waals surface area contributed by atoms with Gasteiger partial charge >= 0.3 is 0 Å². The molecule has 3 aliphatic rings. The predicted octanol–water partition coefficient (Wildman–Crippen LogP) is 9.11. The van der Waals surface area contributed by atoms with E-state index in [1.165, 1.54) is 66.0 Å². The number of nitrogens with zero attached hydrogens (tertiary/aromatic N) is 1. The second kappa shape index (κ2) is 10.4. The summed E-state index contributed by atoms with van der Waals surface area (Å²) in [6.45, 7) is 4.70. The Kier molecular flexibility index (Phi) is 6.04. The predicted molar refractivity (Wildman–Crippen MR) is 203 cm³/mol. The Morgan fingerprint density at radius 2 is 0.939 bits per heavy atom. The third-order valence-electron chi connectivity index (χ3n) is 11.0. The van der Waals surface area contributed by atoms with Crippen LogP contribution in [0.3, 0.4) is 0 Å². The van der Waals surface area contributed by atoms with Crippen LogP contribution in [0.2, 0.25) is 0 Å². The van der Waals surface area contributed by atoms with Crippen LogP contribution in [0.1, 0.15) is 47.2 Å². The molecule has 0 atom stereocenters. The highest BCUT2D eigenvalue weighted by atomic mass is 28.3. The van der Waals surface area contributed by atoms with E-state index in [1.807, 2.05) is 0 Å². The van der Waals surface area contributed by atoms with Crippen LogP contribution in [-0.2, 0) is 10.8 Å². The molecule has 0 saturated heterocycles. The van der Waals surface area contributed by atoms with Crippen molar-refractivity contribution in [2.24, 2.45) is 0 Å². The highest BCUT2D eigenvalue weighted by molar-refractivity contribution is 6.96. The zero-order valence-corrected chi connectivity index (χ0v) is 28.5. The van der Waals surface area contributed by atoms with Crippen LogP contribution in [0.25, 0.3) is 0 Å². The molecule has 0 aliphatic carbocycles. The molecule has 0 N–H and O–H groups in total. The van der Waals surface area contributed by atoms with Gasteiger partial charge in [0.25, 0.3) is 0 Å². The number of hydrogen-bond acceptors (Lipinski definition) is 2. The van der Waals surface area contributed by atoms with Gasteiger partial charge in [0, 0.05) is 22.2 Å². The minimum Gasteiger partial charge on any atom is -0.457 e. The lowest BCUT2D eigenvalue weighted by atomic mass is 9.63. The van der Waals surface area contributed by atoms with E-state index in [0.717, 1.165) is 11.5 Å². The molecule has 1 radical (unpaired) electrons. The minimum absolute atomic E-state index is 0.125. The number of benzene rings is 7. The third-order valence-corrected chi connectivity index (χ3v) is 13.9. The maximum atomic E-state index is 6.71. The summed E-state index contributed by atoms with van der Waals surface area (Å²) < 4.78 is 6.71. The van der Waals surface area contributed by atoms with Crippen molar-refractivity contribution in [1.29, 1.82) is 0 Å². The second-order valence-corrected chi connectivity index (χ2v) is 16.3. The summed E-state index contributed by atoms with van der Waals surface area (Å²) >= 11 is 0. The Morgan fingerprint density at radius 3 is 1.57 bits per heavy atom. The first-order chi connectivity index (χ1) is 24.1. The zero-order valence-electron chi connectivity index (χ0n) is 27.5. The van der Waals surface area contributed by atoms with Gasteiger partial charge in [-0.05, 0) is 69.0 Å². The van der Waals surface area contributed by atoms with E-state index in [2.05, 4.69) is 189 Å². The fourth-order valence-electron chi connectivity index (χ4n) is 8.96. The molecule has 7 aromatic carbocycles. The fourth-order valence-corrected chi connectivity index (χ4v) is 12.0. The summed E-state index contributed by atoms with van der Waals surface area (Å²) in [4.78, 5) is 2.50. The summed E-state index contributed by atoms with van der Waals surface area (Å²) in [6.07, 6.45) is 0. The van der Waals surface area contributed by atoms with Crippen LogP contribution < -0.4 is 25.2 Å². The van der Waals surface area contributed by atoms with Crippen LogP contribution >= 0.6 is 0 Å². The van der Waals surface area contributed by atoms with E-state index in [4.69, 9.17) is 4.74 Å². The lowest BCUT2D eigenvalue weighted by Gasteiger charge is -2.48. The summed E-state index contributed by atoms with van der Waals surface area (Å²) in [5.74, 6) is 1.83. The first-order valence-corrected chi connectivity index (χ1v) is 18.6. The standard InChI is InChI=1S/C46H34NOSi/c1-45(2)33-18-6-11-23-39(33)47(40-24-12-7-19-34(40)45)31-28-29-44-38(30-31)46(35-20-8-13-25-41(35)48-42-26-14-9-21-36(42)46)37-22-10-15-27-43(37)49(44)32-16-4-3-5-17-32/h3-30H,1-2H3. The number of hydrogen-bond donors (Lipinski definition) is 0. The van der Waals surface area contributed by atoms with Crippen LogP contribution in [0, 0.1) is 0 Å². The maximum Gasteiger partial charge on any atom is 0.155 e. The lowest BCUT2D eigenvalue weighted by molar-refractivity contribution is 0.435. The van der Waals surface area contributed by atoms with Crippen LogP contribution in [0.5, 0.6) is 11.5 Å². The number of ether oxygens (including phenoxy) is 1. The zero-order chi connectivity index (χ0) is 32.7. The molecule has 0 aromatic heterocycles. The van der Waals surface area contributed by atoms with Crippen molar-refractivity contribution in [1.82, 2.24) is 0 Å². The van der Waals surface area contributed by atoms with Gasteiger partial charge in [-0.2, -0.15) is 0 Å². The molecule has 0 saturated carbocycles. The number of fused-ring (bicyclic) bond motifs is 10. The maximum absolute atomic E-state index is 6.71. The van der Waals surface area contributed by atoms with Crippen molar-refractivity contribution in [3.63, 3.8) is 0 Å². The molecule has 7 aromatic rings. The average molecular weight is 645 g/mol. The van der Waals surface area contributed by atoms with Crippen LogP contribution in [0.15, 0.2) is 170 Å². The lowest BCUT2D eigenvalue weighted by Crippen LogP contribution is -2.62. The van der Waals surface area contributed by atoms with E-state index in [1.54, 1.807) is 0 Å². The van der Waals surface area contributed by atoms with Crippen molar-refractivity contribution in [2.45, 2.75) is 24.7 Å². The van der Waals surface area contributed by atoms with Crippen molar-refractivity contribution >= 4 is 41.4 Å². The summed E-state index contributed by atoms with van der Waals surface area (Å²) in [5, 5.41) is 4.25. The van der Waals surface area contributed by atoms with Gasteiger partial charge in [-0.15, -0.1) is 0 Å². The summed E-state index contributed by atoms with van der Waals surface area (Å²) in [5.41, 5.74) is 10.7. The molecular weight excluding hydrogens is 611 g/mol. The van der Waals surface area contributed by atoms with Crippen molar-refractivity contribution in [2.75, 3.05) is 4.90 Å². The average Bonchev–Trinajstić information content (AvgIpc) is 3.15. The molecule has 0 bridgehead atoms. The van der Waals surface area contributed by atoms with Gasteiger partial charge in [0.2, 0.25) is 0 Å². The van der Waals surface area contributed by atoms with E-state index in [0.29, 0.717) is 0 Å². The molecule has 0 unspecified atom stereocenters. The molecule has 3 heterocycles. The Hall–Kier alpha value is -5.64. The van der Waals surface area contributed by atoms with Crippen molar-refractivity contribution in [3.05, 3.63) is 203 Å². The van der Waals surface area contributed by atoms with Crippen LogP contribution in [-0.4, -0.2) is 8.80 Å². The molecule has 10 rings (SSSR count). The third kappa shape index (κ3) is 3.82. The van der Waals surface area contributed by atoms with Gasteiger partial charge in [0.05, 0.1) is 16.8 Å². The molecule has 3 heteroatoms. The normalized spacial score (nSPS) is 15.9. The van der Waals surface area contributed by atoms with Gasteiger partial charge in [0.1, 0.15) is 11.5 Å². The van der Waals surface area contributed by atoms with Crippen LogP contribution in [0.4, 0.5) is 17.1 Å². The van der Waals surface area contributed by atoms with Gasteiger partial charge in [0.15, 0.2) is 8.80 Å². The number of rotatable bonds is 2. The highest BCUT2D eigenvalue weighted by Crippen LogP contribution is 2.57. The monoisotopic (exact) mass is 644 g/mol. The quantitative estimate of drug-likeness (QED) is 0.174. The van der Waals surface area contributed by atoms with E-state index >= 15 is 0 Å². The van der Waals surface area contributed by atoms with Gasteiger partial charge in [-0.1, -0.05) is 152 Å². The van der Waals surface area contributed by atoms with Crippen molar-refractivity contribution in [3.8, 4) is 11.5 Å². The SMILES string of the molecule is CC1(C)c2ccccc2N(c2ccc3c(c2)C2(c4ccccc4Oc4ccccc42)c2ccccc2[Si]3c2ccccc2)c2ccccc21. The van der Waals surface area contributed by atoms with E-state index in [-0.39, 0.29) is 5.41 Å². The molecule has 1 spiro atoms. The minimum atomic E-state index is -1.36. The van der Waals surface area contributed by atoms with Gasteiger partial charge < -0.3 is 9.64 Å². The Morgan fingerprint density at radius 1 is 0.449 bits per heavy atom. The van der Waals surface area contributed by atoms with Crippen molar-refractivity contribution < 1.29 is 4.74 Å². The van der Waals surface area contributed by atoms with E-state index in [9.17, 15) is 0 Å². The molecule has 0 fully saturated rings. The number of para-hydroxylation sites is 4. The molecule has 0 amide bonds. The highest BCUT2D eigenvalue weighted by Gasteiger charge is 2.52. The molecule has 3 aliphatic heterocycles. The molecule has 49 heavy (non-hydrogen) atoms. The second-order valence-electron chi connectivity index (χ2n) is 13.9. The molecular formula is C46H34NOSi. The Balaban J connectivity index is 1.34. The summed E-state index contributed by atoms with van der Waals surface area (Å²) in [6, 6.07) is 63.0. The topological polar surface area (TPSA) is 12.5 Å². The first-order valence-electron chi connectivity index (χ1n) is 17.1. The van der Waals surface area contributed by atoms with E-state index < -0.39 is 14.2 Å². The summed E-state index contributed by atoms with van der Waals surface area (Å²) in [7, 11) is -1.36. The fraction of sp³-hybridized carbons (Fsp3) is 0.0870. The Bertz CT molecular complexity index is 2330. The largest absolute Gasteiger partial charge is 0.457 e. The number of anilines is 3. The molecule has 2 nitrogen and oxygen atoms in total. The van der Waals surface area contributed by atoms with Gasteiger partial charge in [-0.3, -0.25) is 0 Å². The molecule has 233 valence electrons. The first kappa shape index (κ1) is 28.4.